The number of hydrogen-bond donors (Lipinski definition) is 2. The Morgan fingerprint density at radius 1 is 0.967 bits per heavy atom. The van der Waals surface area contributed by atoms with E-state index in [1.54, 1.807) is 55.5 Å². The minimum absolute atomic E-state index is 0.135. The Morgan fingerprint density at radius 3 is 2.50 bits per heavy atom. The molecule has 0 radical (unpaired) electrons. The van der Waals surface area contributed by atoms with Gasteiger partial charge in [-0.1, -0.05) is 41.7 Å². The van der Waals surface area contributed by atoms with Crippen LogP contribution in [0.5, 0.6) is 0 Å². The molecular formula is C22H17Cl3N2O3. The van der Waals surface area contributed by atoms with Gasteiger partial charge >= 0.3 is 0 Å². The summed E-state index contributed by atoms with van der Waals surface area (Å²) >= 11 is 18.2. The van der Waals surface area contributed by atoms with Crippen LogP contribution in [0, 0.1) is 0 Å². The number of halogens is 3. The molecule has 1 aromatic heterocycles. The molecule has 0 bridgehead atoms. The van der Waals surface area contributed by atoms with E-state index >= 15 is 0 Å². The Hall–Kier alpha value is -2.73. The average molecular weight is 464 g/mol. The summed E-state index contributed by atoms with van der Waals surface area (Å²) in [5.74, 6) is 0.489. The Morgan fingerprint density at radius 2 is 1.77 bits per heavy atom. The lowest BCUT2D eigenvalue weighted by molar-refractivity contribution is -0.116. The second-order valence-electron chi connectivity index (χ2n) is 6.25. The van der Waals surface area contributed by atoms with Gasteiger partial charge in [-0.25, -0.2) is 0 Å². The third-order valence-electron chi connectivity index (χ3n) is 4.05. The molecule has 0 saturated heterocycles. The summed E-state index contributed by atoms with van der Waals surface area (Å²) in [6, 6.07) is 13.4. The summed E-state index contributed by atoms with van der Waals surface area (Å²) in [7, 11) is 0. The normalized spacial score (nSPS) is 10.9. The molecule has 0 aliphatic rings. The van der Waals surface area contributed by atoms with Crippen molar-refractivity contribution < 1.29 is 14.0 Å². The summed E-state index contributed by atoms with van der Waals surface area (Å²) in [4.78, 5) is 23.8. The van der Waals surface area contributed by atoms with Gasteiger partial charge in [0.05, 0.1) is 15.7 Å². The van der Waals surface area contributed by atoms with E-state index in [1.165, 1.54) is 12.2 Å². The molecule has 154 valence electrons. The van der Waals surface area contributed by atoms with Gasteiger partial charge in [-0.3, -0.25) is 9.59 Å². The fourth-order valence-electron chi connectivity index (χ4n) is 2.56. The molecule has 0 fully saturated rings. The van der Waals surface area contributed by atoms with Gasteiger partial charge in [0, 0.05) is 28.8 Å². The highest BCUT2D eigenvalue weighted by Crippen LogP contribution is 2.32. The SMILES string of the molecule is CCC(=O)Nc1ccc(Cl)c(NC(=O)/C=C/c2ccc(-c3ccc(Cl)cc3Cl)o2)c1. The molecular weight excluding hydrogens is 447 g/mol. The van der Waals surface area contributed by atoms with Crippen LogP contribution in [0.25, 0.3) is 17.4 Å². The van der Waals surface area contributed by atoms with Crippen LogP contribution in [0.15, 0.2) is 59.0 Å². The van der Waals surface area contributed by atoms with Crippen molar-refractivity contribution in [3.05, 3.63) is 75.4 Å². The fourth-order valence-corrected chi connectivity index (χ4v) is 3.22. The topological polar surface area (TPSA) is 71.3 Å². The average Bonchev–Trinajstić information content (AvgIpc) is 3.17. The number of carbonyl (C=O) groups is 2. The summed E-state index contributed by atoms with van der Waals surface area (Å²) in [6.07, 6.45) is 3.19. The van der Waals surface area contributed by atoms with Gasteiger partial charge in [0.25, 0.3) is 0 Å². The first-order valence-corrected chi connectivity index (χ1v) is 10.1. The van der Waals surface area contributed by atoms with Crippen LogP contribution in [-0.4, -0.2) is 11.8 Å². The van der Waals surface area contributed by atoms with Gasteiger partial charge in [-0.05, 0) is 54.6 Å². The van der Waals surface area contributed by atoms with Crippen molar-refractivity contribution in [3.63, 3.8) is 0 Å². The predicted octanol–water partition coefficient (Wildman–Crippen LogP) is 6.91. The monoisotopic (exact) mass is 462 g/mol. The van der Waals surface area contributed by atoms with Crippen LogP contribution in [0.2, 0.25) is 15.1 Å². The molecule has 30 heavy (non-hydrogen) atoms. The molecule has 0 aliphatic carbocycles. The van der Waals surface area contributed by atoms with Crippen LogP contribution in [0.1, 0.15) is 19.1 Å². The van der Waals surface area contributed by atoms with Crippen LogP contribution in [0.4, 0.5) is 11.4 Å². The van der Waals surface area contributed by atoms with E-state index in [0.717, 1.165) is 0 Å². The van der Waals surface area contributed by atoms with Gasteiger partial charge in [-0.15, -0.1) is 0 Å². The molecule has 3 rings (SSSR count). The zero-order valence-electron chi connectivity index (χ0n) is 15.8. The third-order valence-corrected chi connectivity index (χ3v) is 4.93. The second-order valence-corrected chi connectivity index (χ2v) is 7.50. The molecule has 5 nitrogen and oxygen atoms in total. The van der Waals surface area contributed by atoms with Crippen molar-refractivity contribution >= 4 is 64.1 Å². The summed E-state index contributed by atoms with van der Waals surface area (Å²) in [5.41, 5.74) is 1.62. The smallest absolute Gasteiger partial charge is 0.248 e. The van der Waals surface area contributed by atoms with E-state index in [-0.39, 0.29) is 5.91 Å². The van der Waals surface area contributed by atoms with Crippen molar-refractivity contribution in [2.45, 2.75) is 13.3 Å². The zero-order chi connectivity index (χ0) is 21.7. The van der Waals surface area contributed by atoms with Gasteiger partial charge < -0.3 is 15.1 Å². The number of nitrogens with one attached hydrogen (secondary N) is 2. The Balaban J connectivity index is 1.69. The molecule has 1 heterocycles. The maximum Gasteiger partial charge on any atom is 0.248 e. The predicted molar refractivity (Wildman–Crippen MR) is 122 cm³/mol. The molecule has 0 atom stereocenters. The van der Waals surface area contributed by atoms with Crippen molar-refractivity contribution in [3.8, 4) is 11.3 Å². The van der Waals surface area contributed by atoms with E-state index < -0.39 is 5.91 Å². The molecule has 3 aromatic rings. The first kappa shape index (κ1) is 22.0. The van der Waals surface area contributed by atoms with E-state index in [4.69, 9.17) is 39.2 Å². The van der Waals surface area contributed by atoms with E-state index in [0.29, 0.717) is 49.9 Å². The Labute approximate surface area is 188 Å². The van der Waals surface area contributed by atoms with Crippen LogP contribution in [0.3, 0.4) is 0 Å². The molecule has 2 aromatic carbocycles. The first-order chi connectivity index (χ1) is 14.4. The van der Waals surface area contributed by atoms with Gasteiger partial charge in [-0.2, -0.15) is 0 Å². The van der Waals surface area contributed by atoms with Crippen LogP contribution in [-0.2, 0) is 9.59 Å². The Bertz CT molecular complexity index is 1120. The van der Waals surface area contributed by atoms with Gasteiger partial charge in [0.15, 0.2) is 0 Å². The molecule has 0 aliphatic heterocycles. The lowest BCUT2D eigenvalue weighted by Gasteiger charge is -2.09. The molecule has 2 amide bonds. The lowest BCUT2D eigenvalue weighted by Crippen LogP contribution is -2.11. The van der Waals surface area contributed by atoms with Gasteiger partial charge in [0.1, 0.15) is 11.5 Å². The quantitative estimate of drug-likeness (QED) is 0.390. The maximum atomic E-state index is 12.3. The summed E-state index contributed by atoms with van der Waals surface area (Å²) < 4.78 is 5.72. The lowest BCUT2D eigenvalue weighted by atomic mass is 10.2. The van der Waals surface area contributed by atoms with Crippen LogP contribution < -0.4 is 10.6 Å². The number of furan rings is 1. The number of anilines is 2. The summed E-state index contributed by atoms with van der Waals surface area (Å²) in [6.45, 7) is 1.75. The van der Waals surface area contributed by atoms with E-state index in [2.05, 4.69) is 10.6 Å². The van der Waals surface area contributed by atoms with Gasteiger partial charge in [0.2, 0.25) is 11.8 Å². The molecule has 2 N–H and O–H groups in total. The molecule has 8 heteroatoms. The zero-order valence-corrected chi connectivity index (χ0v) is 18.1. The highest BCUT2D eigenvalue weighted by molar-refractivity contribution is 6.36. The third kappa shape index (κ3) is 5.66. The maximum absolute atomic E-state index is 12.3. The number of benzene rings is 2. The standard InChI is InChI=1S/C22H17Cl3N2O3/c1-2-21(28)26-14-4-8-17(24)19(12-14)27-22(29)10-6-15-5-9-20(30-15)16-7-3-13(23)11-18(16)25/h3-12H,2H2,1H3,(H,26,28)(H,27,29)/b10-6+. The fraction of sp³-hybridized carbons (Fsp3) is 0.0909. The largest absolute Gasteiger partial charge is 0.457 e. The number of amides is 2. The second kappa shape index (κ2) is 9.85. The highest BCUT2D eigenvalue weighted by Gasteiger charge is 2.09. The van der Waals surface area contributed by atoms with Crippen molar-refractivity contribution in [1.82, 2.24) is 0 Å². The van der Waals surface area contributed by atoms with Crippen molar-refractivity contribution in [1.29, 1.82) is 0 Å². The van der Waals surface area contributed by atoms with Crippen molar-refractivity contribution in [2.24, 2.45) is 0 Å². The first-order valence-electron chi connectivity index (χ1n) is 8.99. The highest BCUT2D eigenvalue weighted by atomic mass is 35.5. The summed E-state index contributed by atoms with van der Waals surface area (Å²) in [5, 5.41) is 6.74. The Kier molecular flexibility index (Phi) is 7.21. The van der Waals surface area contributed by atoms with E-state index in [9.17, 15) is 9.59 Å². The molecule has 0 spiro atoms. The number of carbonyl (C=O) groups excluding carboxylic acids is 2. The number of rotatable bonds is 6. The van der Waals surface area contributed by atoms with Crippen LogP contribution >= 0.6 is 34.8 Å². The minimum atomic E-state index is -0.404. The number of hydrogen-bond acceptors (Lipinski definition) is 3. The molecule has 0 saturated carbocycles. The minimum Gasteiger partial charge on any atom is -0.457 e. The molecule has 0 unspecified atom stereocenters. The van der Waals surface area contributed by atoms with E-state index in [1.807, 2.05) is 0 Å². The van der Waals surface area contributed by atoms with Crippen molar-refractivity contribution in [2.75, 3.05) is 10.6 Å².